The molecule has 0 spiro atoms. The maximum absolute atomic E-state index is 11.4. The van der Waals surface area contributed by atoms with Crippen LogP contribution < -0.4 is 10.2 Å². The van der Waals surface area contributed by atoms with Gasteiger partial charge in [0.05, 0.1) is 5.30 Å². The fourth-order valence-corrected chi connectivity index (χ4v) is 3.64. The van der Waals surface area contributed by atoms with Crippen molar-refractivity contribution in [1.82, 2.24) is 0 Å². The van der Waals surface area contributed by atoms with E-state index in [0.29, 0.717) is 0 Å². The first-order valence-corrected chi connectivity index (χ1v) is 9.61. The first-order chi connectivity index (χ1) is 13.4. The quantitative estimate of drug-likeness (QED) is 0.364. The van der Waals surface area contributed by atoms with E-state index in [-0.39, 0.29) is 8.46 Å². The van der Waals surface area contributed by atoms with E-state index in [1.165, 1.54) is 0 Å². The lowest BCUT2D eigenvalue weighted by Gasteiger charge is -2.25. The first-order valence-electron chi connectivity index (χ1n) is 8.80. The van der Waals surface area contributed by atoms with Crippen molar-refractivity contribution in [2.24, 2.45) is 0 Å². The van der Waals surface area contributed by atoms with Crippen LogP contribution in [0.4, 0.5) is 17.1 Å². The van der Waals surface area contributed by atoms with Crippen LogP contribution in [0.2, 0.25) is 0 Å². The van der Waals surface area contributed by atoms with Gasteiger partial charge in [0, 0.05) is 17.1 Å². The van der Waals surface area contributed by atoms with Gasteiger partial charge in [-0.05, 0) is 53.6 Å². The molecule has 0 aliphatic carbocycles. The summed E-state index contributed by atoms with van der Waals surface area (Å²) in [6.07, 6.45) is 0. The molecule has 0 amide bonds. The number of nitrogens with zero attached hydrogens (tertiary/aromatic N) is 1. The predicted molar refractivity (Wildman–Crippen MR) is 114 cm³/mol. The molecule has 0 aliphatic heterocycles. The van der Waals surface area contributed by atoms with E-state index in [1.807, 2.05) is 60.7 Å². The summed E-state index contributed by atoms with van der Waals surface area (Å²) >= 11 is 0. The van der Waals surface area contributed by atoms with Gasteiger partial charge in [0.15, 0.2) is 8.46 Å². The molecule has 0 saturated carbocycles. The summed E-state index contributed by atoms with van der Waals surface area (Å²) in [6, 6.07) is 36.8. The van der Waals surface area contributed by atoms with Crippen molar-refractivity contribution in [3.05, 3.63) is 109 Å². The number of benzene rings is 4. The molecule has 3 heteroatoms. The highest BCUT2D eigenvalue weighted by Gasteiger charge is 2.12. The highest BCUT2D eigenvalue weighted by Crippen LogP contribution is 2.35. The van der Waals surface area contributed by atoms with Gasteiger partial charge in [-0.15, -0.1) is 0 Å². The maximum atomic E-state index is 11.4. The summed E-state index contributed by atoms with van der Waals surface area (Å²) in [5.41, 5.74) is 5.34. The molecule has 27 heavy (non-hydrogen) atoms. The Morgan fingerprint density at radius 3 is 1.56 bits per heavy atom. The van der Waals surface area contributed by atoms with Crippen molar-refractivity contribution >= 4 is 30.8 Å². The zero-order valence-corrected chi connectivity index (χ0v) is 15.6. The van der Waals surface area contributed by atoms with E-state index < -0.39 is 0 Å². The Bertz CT molecular complexity index is 991. The van der Waals surface area contributed by atoms with E-state index >= 15 is 0 Å². The monoisotopic (exact) mass is 367 g/mol. The summed E-state index contributed by atoms with van der Waals surface area (Å²) in [6.45, 7) is 0. The Balaban J connectivity index is 1.77. The molecule has 4 rings (SSSR count). The van der Waals surface area contributed by atoms with Crippen LogP contribution in [0.5, 0.6) is 0 Å². The molecule has 130 valence electrons. The summed E-state index contributed by atoms with van der Waals surface area (Å²) < 4.78 is 11.4. The van der Waals surface area contributed by atoms with Crippen molar-refractivity contribution in [2.75, 3.05) is 4.90 Å². The number of anilines is 3. The second-order valence-corrected chi connectivity index (χ2v) is 6.83. The first kappa shape index (κ1) is 17.2. The molecule has 2 nitrogen and oxygen atoms in total. The zero-order chi connectivity index (χ0) is 18.5. The molecule has 0 atom stereocenters. The predicted octanol–water partition coefficient (Wildman–Crippen LogP) is 6.74. The smallest absolute Gasteiger partial charge is 0.192 e. The standard InChI is InChI=1S/C24H18NOP/c26-27-24-14-8-7-13-23(24)19-15-17-22(18-16-19)25(20-9-3-1-4-10-20)21-11-5-2-6-12-21/h1-18H. The van der Waals surface area contributed by atoms with Gasteiger partial charge in [-0.1, -0.05) is 66.7 Å². The minimum atomic E-state index is 0.0379. The van der Waals surface area contributed by atoms with Crippen molar-refractivity contribution in [3.63, 3.8) is 0 Å². The van der Waals surface area contributed by atoms with Crippen LogP contribution in [0.15, 0.2) is 109 Å². The van der Waals surface area contributed by atoms with Crippen LogP contribution >= 0.6 is 8.46 Å². The largest absolute Gasteiger partial charge is 0.311 e. The molecule has 4 aromatic carbocycles. The lowest BCUT2D eigenvalue weighted by atomic mass is 10.0. The third-order valence-electron chi connectivity index (χ3n) is 4.47. The maximum Gasteiger partial charge on any atom is 0.192 e. The SMILES string of the molecule is O=Pc1ccccc1-c1ccc(N(c2ccccc2)c2ccccc2)cc1. The average Bonchev–Trinajstić information content (AvgIpc) is 2.76. The van der Waals surface area contributed by atoms with E-state index in [9.17, 15) is 4.57 Å². The molecule has 0 bridgehead atoms. The lowest BCUT2D eigenvalue weighted by molar-refractivity contribution is 0.603. The minimum Gasteiger partial charge on any atom is -0.311 e. The van der Waals surface area contributed by atoms with Gasteiger partial charge in [0.25, 0.3) is 0 Å². The number of rotatable bonds is 5. The fourth-order valence-electron chi connectivity index (χ4n) is 3.19. The summed E-state index contributed by atoms with van der Waals surface area (Å²) in [5.74, 6) is 0. The van der Waals surface area contributed by atoms with Gasteiger partial charge >= 0.3 is 0 Å². The van der Waals surface area contributed by atoms with E-state index in [0.717, 1.165) is 33.5 Å². The Kier molecular flexibility index (Phi) is 5.09. The molecule has 0 saturated heterocycles. The molecule has 0 aromatic heterocycles. The topological polar surface area (TPSA) is 20.3 Å². The van der Waals surface area contributed by atoms with Crippen molar-refractivity contribution in [1.29, 1.82) is 0 Å². The molecule has 0 unspecified atom stereocenters. The second kappa shape index (κ2) is 7.99. The van der Waals surface area contributed by atoms with E-state index in [1.54, 1.807) is 0 Å². The van der Waals surface area contributed by atoms with Gasteiger partial charge in [0.2, 0.25) is 0 Å². The van der Waals surface area contributed by atoms with Crippen molar-refractivity contribution in [3.8, 4) is 11.1 Å². The zero-order valence-electron chi connectivity index (χ0n) is 14.7. The van der Waals surface area contributed by atoms with Gasteiger partial charge in [-0.2, -0.15) is 0 Å². The van der Waals surface area contributed by atoms with Crippen LogP contribution in [-0.4, -0.2) is 0 Å². The average molecular weight is 367 g/mol. The Morgan fingerprint density at radius 1 is 0.519 bits per heavy atom. The molecule has 0 fully saturated rings. The number of hydrogen-bond donors (Lipinski definition) is 0. The van der Waals surface area contributed by atoms with Crippen LogP contribution in [0, 0.1) is 0 Å². The highest BCUT2D eigenvalue weighted by molar-refractivity contribution is 7.34. The molecule has 0 heterocycles. The molecule has 4 aromatic rings. The lowest BCUT2D eigenvalue weighted by Crippen LogP contribution is -2.09. The normalized spacial score (nSPS) is 10.7. The van der Waals surface area contributed by atoms with Crippen LogP contribution in [-0.2, 0) is 4.57 Å². The fraction of sp³-hybridized carbons (Fsp3) is 0. The Morgan fingerprint density at radius 2 is 1.00 bits per heavy atom. The molecule has 0 radical (unpaired) electrons. The van der Waals surface area contributed by atoms with Gasteiger partial charge in [0.1, 0.15) is 0 Å². The van der Waals surface area contributed by atoms with Crippen molar-refractivity contribution in [2.45, 2.75) is 0 Å². The Hall–Kier alpha value is -3.22. The molecule has 0 N–H and O–H groups in total. The van der Waals surface area contributed by atoms with Crippen LogP contribution in [0.3, 0.4) is 0 Å². The Labute approximate surface area is 160 Å². The second-order valence-electron chi connectivity index (χ2n) is 6.16. The third-order valence-corrected chi connectivity index (χ3v) is 5.05. The van der Waals surface area contributed by atoms with Gasteiger partial charge < -0.3 is 4.90 Å². The number of para-hydroxylation sites is 2. The summed E-state index contributed by atoms with van der Waals surface area (Å²) in [7, 11) is 0.0379. The summed E-state index contributed by atoms with van der Waals surface area (Å²) in [4.78, 5) is 2.22. The van der Waals surface area contributed by atoms with E-state index in [4.69, 9.17) is 0 Å². The van der Waals surface area contributed by atoms with Crippen LogP contribution in [0.25, 0.3) is 11.1 Å². The summed E-state index contributed by atoms with van der Waals surface area (Å²) in [5, 5.41) is 0.799. The third kappa shape index (κ3) is 3.67. The number of hydrogen-bond acceptors (Lipinski definition) is 2. The minimum absolute atomic E-state index is 0.0379. The molecular weight excluding hydrogens is 349 g/mol. The molecular formula is C24H18NOP. The molecule has 0 aliphatic rings. The van der Waals surface area contributed by atoms with Crippen molar-refractivity contribution < 1.29 is 4.57 Å². The highest BCUT2D eigenvalue weighted by atomic mass is 31.1. The van der Waals surface area contributed by atoms with Gasteiger partial charge in [-0.3, -0.25) is 4.57 Å². The van der Waals surface area contributed by atoms with E-state index in [2.05, 4.69) is 53.4 Å². The van der Waals surface area contributed by atoms with Crippen LogP contribution in [0.1, 0.15) is 0 Å². The van der Waals surface area contributed by atoms with Gasteiger partial charge in [-0.25, -0.2) is 0 Å².